The van der Waals surface area contributed by atoms with Crippen molar-refractivity contribution in [3.8, 4) is 0 Å². The summed E-state index contributed by atoms with van der Waals surface area (Å²) < 4.78 is 5.51. The number of pyridine rings is 1. The topological polar surface area (TPSA) is 62.7 Å². The maximum atomic E-state index is 13.1. The van der Waals surface area contributed by atoms with Gasteiger partial charge in [0.25, 0.3) is 5.91 Å². The smallest absolute Gasteiger partial charge is 0.339 e. The van der Waals surface area contributed by atoms with E-state index in [2.05, 4.69) is 16.0 Å². The van der Waals surface area contributed by atoms with Crippen molar-refractivity contribution in [3.63, 3.8) is 0 Å². The van der Waals surface area contributed by atoms with Gasteiger partial charge in [-0.15, -0.1) is 0 Å². The van der Waals surface area contributed by atoms with E-state index in [9.17, 15) is 9.59 Å². The number of carbonyl (C=O) groups is 2. The van der Waals surface area contributed by atoms with E-state index in [1.54, 1.807) is 11.1 Å². The Morgan fingerprint density at radius 1 is 0.812 bits per heavy atom. The summed E-state index contributed by atoms with van der Waals surface area (Å²) in [5, 5.41) is 3.59. The van der Waals surface area contributed by atoms with Crippen LogP contribution in [-0.2, 0) is 9.53 Å². The molecule has 1 aliphatic heterocycles. The molecule has 32 heavy (non-hydrogen) atoms. The van der Waals surface area contributed by atoms with Crippen LogP contribution in [0.2, 0.25) is 0 Å². The van der Waals surface area contributed by atoms with E-state index in [0.29, 0.717) is 31.7 Å². The lowest BCUT2D eigenvalue weighted by Crippen LogP contribution is -2.50. The zero-order chi connectivity index (χ0) is 21.9. The van der Waals surface area contributed by atoms with Crippen molar-refractivity contribution in [1.82, 2.24) is 9.88 Å². The first-order chi connectivity index (χ1) is 15.7. The molecule has 0 aliphatic carbocycles. The minimum atomic E-state index is -0.474. The number of benzene rings is 3. The summed E-state index contributed by atoms with van der Waals surface area (Å²) in [6.07, 6.45) is 1.77. The van der Waals surface area contributed by atoms with Gasteiger partial charge in [-0.05, 0) is 39.7 Å². The SMILES string of the molecule is O=C(OCC(=O)N1CCN(c2ccccn2)CC1)c1c2ccccc2cc2ccccc12. The molecular formula is C26H23N3O3. The van der Waals surface area contributed by atoms with Crippen LogP contribution in [0, 0.1) is 0 Å². The third kappa shape index (κ3) is 3.87. The molecule has 1 saturated heterocycles. The largest absolute Gasteiger partial charge is 0.452 e. The van der Waals surface area contributed by atoms with Crippen LogP contribution in [0.5, 0.6) is 0 Å². The number of aromatic nitrogens is 1. The number of anilines is 1. The average Bonchev–Trinajstić information content (AvgIpc) is 2.86. The third-order valence-corrected chi connectivity index (χ3v) is 5.91. The van der Waals surface area contributed by atoms with Crippen LogP contribution in [0.1, 0.15) is 10.4 Å². The van der Waals surface area contributed by atoms with Crippen LogP contribution in [0.3, 0.4) is 0 Å². The predicted molar refractivity (Wildman–Crippen MR) is 125 cm³/mol. The first kappa shape index (κ1) is 20.0. The van der Waals surface area contributed by atoms with Crippen molar-refractivity contribution >= 4 is 39.2 Å². The van der Waals surface area contributed by atoms with Gasteiger partial charge in [-0.1, -0.05) is 54.6 Å². The number of piperazine rings is 1. The Morgan fingerprint density at radius 2 is 1.44 bits per heavy atom. The lowest BCUT2D eigenvalue weighted by Gasteiger charge is -2.35. The van der Waals surface area contributed by atoms with Gasteiger partial charge < -0.3 is 14.5 Å². The highest BCUT2D eigenvalue weighted by Crippen LogP contribution is 2.29. The summed E-state index contributed by atoms with van der Waals surface area (Å²) in [5.41, 5.74) is 0.506. The molecule has 1 fully saturated rings. The second kappa shape index (κ2) is 8.67. The summed E-state index contributed by atoms with van der Waals surface area (Å²) in [6, 6.07) is 23.3. The van der Waals surface area contributed by atoms with Crippen LogP contribution in [0.15, 0.2) is 79.0 Å². The van der Waals surface area contributed by atoms with E-state index < -0.39 is 5.97 Å². The van der Waals surface area contributed by atoms with Crippen molar-refractivity contribution in [3.05, 3.63) is 84.6 Å². The highest BCUT2D eigenvalue weighted by molar-refractivity contribution is 6.16. The van der Waals surface area contributed by atoms with Crippen molar-refractivity contribution in [1.29, 1.82) is 0 Å². The molecule has 0 atom stereocenters. The summed E-state index contributed by atoms with van der Waals surface area (Å²) in [5.74, 6) is 0.260. The maximum Gasteiger partial charge on any atom is 0.339 e. The van der Waals surface area contributed by atoms with Gasteiger partial charge in [0.15, 0.2) is 6.61 Å². The van der Waals surface area contributed by atoms with Crippen molar-refractivity contribution in [2.24, 2.45) is 0 Å². The van der Waals surface area contributed by atoms with Gasteiger partial charge in [0, 0.05) is 32.4 Å². The van der Waals surface area contributed by atoms with E-state index in [1.165, 1.54) is 0 Å². The third-order valence-electron chi connectivity index (χ3n) is 5.91. The summed E-state index contributed by atoms with van der Waals surface area (Å²) in [6.45, 7) is 2.28. The molecule has 2 heterocycles. The molecule has 5 rings (SSSR count). The monoisotopic (exact) mass is 425 g/mol. The van der Waals surface area contributed by atoms with E-state index in [4.69, 9.17) is 4.74 Å². The molecule has 0 radical (unpaired) electrons. The Kier molecular flexibility index (Phi) is 5.42. The lowest BCUT2D eigenvalue weighted by molar-refractivity contribution is -0.134. The molecule has 0 unspecified atom stereocenters. The van der Waals surface area contributed by atoms with Gasteiger partial charge in [-0.3, -0.25) is 4.79 Å². The molecule has 4 aromatic rings. The standard InChI is InChI=1S/C26H23N3O3/c30-24(29-15-13-28(14-16-29)23-11-5-6-12-27-23)18-32-26(31)25-21-9-3-1-7-19(21)17-20-8-2-4-10-22(20)25/h1-12,17H,13-16,18H2. The number of esters is 1. The maximum absolute atomic E-state index is 13.1. The molecule has 0 saturated carbocycles. The fourth-order valence-electron chi connectivity index (χ4n) is 4.25. The molecule has 6 heteroatoms. The summed E-state index contributed by atoms with van der Waals surface area (Å²) in [7, 11) is 0. The Hall–Kier alpha value is -3.93. The highest BCUT2D eigenvalue weighted by atomic mass is 16.5. The van der Waals surface area contributed by atoms with Gasteiger partial charge in [0.2, 0.25) is 0 Å². The van der Waals surface area contributed by atoms with Crippen molar-refractivity contribution < 1.29 is 14.3 Å². The second-order valence-corrected chi connectivity index (χ2v) is 7.83. The second-order valence-electron chi connectivity index (χ2n) is 7.83. The zero-order valence-electron chi connectivity index (χ0n) is 17.6. The molecule has 0 bridgehead atoms. The number of hydrogen-bond donors (Lipinski definition) is 0. The lowest BCUT2D eigenvalue weighted by atomic mass is 9.97. The van der Waals surface area contributed by atoms with Crippen LogP contribution in [0.25, 0.3) is 21.5 Å². The number of amides is 1. The normalized spacial score (nSPS) is 14.0. The molecule has 1 aliphatic rings. The van der Waals surface area contributed by atoms with Crippen molar-refractivity contribution in [2.45, 2.75) is 0 Å². The van der Waals surface area contributed by atoms with Gasteiger partial charge in [-0.2, -0.15) is 0 Å². The Morgan fingerprint density at radius 3 is 2.06 bits per heavy atom. The summed E-state index contributed by atoms with van der Waals surface area (Å²) >= 11 is 0. The van der Waals surface area contributed by atoms with Crippen molar-refractivity contribution in [2.75, 3.05) is 37.7 Å². The number of hydrogen-bond acceptors (Lipinski definition) is 5. The molecular weight excluding hydrogens is 402 g/mol. The van der Waals surface area contributed by atoms with Crippen LogP contribution < -0.4 is 4.90 Å². The molecule has 3 aromatic carbocycles. The minimum absolute atomic E-state index is 0.177. The van der Waals surface area contributed by atoms with Crippen LogP contribution in [-0.4, -0.2) is 54.5 Å². The van der Waals surface area contributed by atoms with Crippen LogP contribution >= 0.6 is 0 Å². The fourth-order valence-corrected chi connectivity index (χ4v) is 4.25. The Balaban J connectivity index is 1.28. The van der Waals surface area contributed by atoms with E-state index in [0.717, 1.165) is 27.4 Å². The van der Waals surface area contributed by atoms with Gasteiger partial charge in [0.05, 0.1) is 5.56 Å². The molecule has 0 N–H and O–H groups in total. The highest BCUT2D eigenvalue weighted by Gasteiger charge is 2.24. The molecule has 6 nitrogen and oxygen atoms in total. The first-order valence-electron chi connectivity index (χ1n) is 10.7. The number of fused-ring (bicyclic) bond motifs is 2. The quantitative estimate of drug-likeness (QED) is 0.367. The number of ether oxygens (including phenoxy) is 1. The van der Waals surface area contributed by atoms with Gasteiger partial charge in [0.1, 0.15) is 5.82 Å². The number of carbonyl (C=O) groups excluding carboxylic acids is 2. The van der Waals surface area contributed by atoms with E-state index >= 15 is 0 Å². The number of rotatable bonds is 4. The van der Waals surface area contributed by atoms with Crippen LogP contribution in [0.4, 0.5) is 5.82 Å². The molecule has 0 spiro atoms. The zero-order valence-corrected chi connectivity index (χ0v) is 17.6. The fraction of sp³-hybridized carbons (Fsp3) is 0.192. The Bertz CT molecular complexity index is 1230. The average molecular weight is 425 g/mol. The van der Waals surface area contributed by atoms with Gasteiger partial charge in [-0.25, -0.2) is 9.78 Å². The summed E-state index contributed by atoms with van der Waals surface area (Å²) in [4.78, 5) is 34.1. The van der Waals surface area contributed by atoms with Gasteiger partial charge >= 0.3 is 5.97 Å². The Labute approximate surface area is 186 Å². The van der Waals surface area contributed by atoms with E-state index in [1.807, 2.05) is 66.7 Å². The molecule has 1 aromatic heterocycles. The number of nitrogens with zero attached hydrogens (tertiary/aromatic N) is 3. The minimum Gasteiger partial charge on any atom is -0.452 e. The molecule has 160 valence electrons. The molecule has 1 amide bonds. The first-order valence-corrected chi connectivity index (χ1v) is 10.7. The van der Waals surface area contributed by atoms with E-state index in [-0.39, 0.29) is 12.5 Å². The predicted octanol–water partition coefficient (Wildman–Crippen LogP) is 3.89.